The summed E-state index contributed by atoms with van der Waals surface area (Å²) < 4.78 is 1.18. The van der Waals surface area contributed by atoms with Crippen molar-refractivity contribution in [3.05, 3.63) is 6.33 Å². The van der Waals surface area contributed by atoms with Crippen molar-refractivity contribution in [2.45, 2.75) is 0 Å². The Labute approximate surface area is 57.6 Å². The average Bonchev–Trinajstić information content (AvgIpc) is 2.14. The van der Waals surface area contributed by atoms with Gasteiger partial charge in [0, 0.05) is 0 Å². The van der Waals surface area contributed by atoms with Crippen LogP contribution < -0.4 is 17.1 Å². The number of nitrogen functional groups attached to an aromatic ring is 2. The second-order valence-electron chi connectivity index (χ2n) is 1.21. The van der Waals surface area contributed by atoms with Crippen LogP contribution in [0.5, 0.6) is 0 Å². The maximum Gasteiger partial charge on any atom is 0.257 e. The Morgan fingerprint density at radius 1 is 1.67 bits per heavy atom. The van der Waals surface area contributed by atoms with E-state index in [1.54, 1.807) is 0 Å². The summed E-state index contributed by atoms with van der Waals surface area (Å²) in [5.41, 5.74) is 2.24. The molecule has 1 heterocycles. The Morgan fingerprint density at radius 2 is 2.33 bits per heavy atom. The Hall–Kier alpha value is -1.01. The first-order valence-electron chi connectivity index (χ1n) is 1.96. The summed E-state index contributed by atoms with van der Waals surface area (Å²) in [6, 6.07) is 0. The predicted octanol–water partition coefficient (Wildman–Crippen LogP) is -1.30. The molecule has 0 fully saturated rings. The second kappa shape index (κ2) is 3.10. The second-order valence-corrected chi connectivity index (χ2v) is 1.21. The first-order valence-corrected chi connectivity index (χ1v) is 1.96. The average molecular weight is 151 g/mol. The Balaban J connectivity index is 0.000000640. The van der Waals surface area contributed by atoms with Crippen molar-refractivity contribution in [2.75, 3.05) is 11.3 Å². The highest BCUT2D eigenvalue weighted by molar-refractivity contribution is 5.85. The zero-order chi connectivity index (χ0) is 5.98. The molecule has 9 heavy (non-hydrogen) atoms. The summed E-state index contributed by atoms with van der Waals surface area (Å²) in [7, 11) is 0. The van der Waals surface area contributed by atoms with Gasteiger partial charge in [0.2, 0.25) is 0 Å². The normalized spacial score (nSPS) is 8.11. The van der Waals surface area contributed by atoms with Crippen molar-refractivity contribution in [3.8, 4) is 0 Å². The van der Waals surface area contributed by atoms with Crippen LogP contribution >= 0.6 is 12.4 Å². The van der Waals surface area contributed by atoms with Crippen molar-refractivity contribution in [3.63, 3.8) is 0 Å². The molecular weight excluding hydrogens is 144 g/mol. The zero-order valence-electron chi connectivity index (χ0n) is 4.48. The molecule has 0 radical (unpaired) electrons. The van der Waals surface area contributed by atoms with Gasteiger partial charge in [-0.3, -0.25) is 5.43 Å². The summed E-state index contributed by atoms with van der Waals surface area (Å²) >= 11 is 0. The van der Waals surface area contributed by atoms with Gasteiger partial charge < -0.3 is 5.84 Å². The van der Waals surface area contributed by atoms with Gasteiger partial charge in [0.25, 0.3) is 5.95 Å². The first-order chi connectivity index (χ1) is 3.84. The number of anilines is 1. The molecule has 0 aliphatic rings. The fourth-order valence-electron chi connectivity index (χ4n) is 0.346. The first kappa shape index (κ1) is 7.99. The maximum absolute atomic E-state index is 5.20. The lowest BCUT2D eigenvalue weighted by molar-refractivity contribution is 0.987. The lowest BCUT2D eigenvalue weighted by Crippen LogP contribution is -2.17. The fourth-order valence-corrected chi connectivity index (χ4v) is 0.346. The molecule has 52 valence electrons. The molecule has 1 rings (SSSR count). The molecule has 0 atom stereocenters. The lowest BCUT2D eigenvalue weighted by atomic mass is 11.1. The monoisotopic (exact) mass is 150 g/mol. The summed E-state index contributed by atoms with van der Waals surface area (Å²) in [5.74, 6) is 10.5. The third kappa shape index (κ3) is 1.44. The van der Waals surface area contributed by atoms with Crippen molar-refractivity contribution >= 4 is 18.4 Å². The lowest BCUT2D eigenvalue weighted by Gasteiger charge is -1.93. The SMILES string of the molecule is Cl.NNc1nncn1N. The Bertz CT molecular complexity index is 171. The predicted molar refractivity (Wildman–Crippen MR) is 35.2 cm³/mol. The van der Waals surface area contributed by atoms with Crippen molar-refractivity contribution in [1.82, 2.24) is 14.9 Å². The molecular formula is C2H7ClN6. The van der Waals surface area contributed by atoms with E-state index in [0.29, 0.717) is 5.95 Å². The molecule has 0 aromatic carbocycles. The van der Waals surface area contributed by atoms with Gasteiger partial charge in [0.15, 0.2) is 0 Å². The smallest absolute Gasteiger partial charge is 0.257 e. The van der Waals surface area contributed by atoms with E-state index in [-0.39, 0.29) is 12.4 Å². The van der Waals surface area contributed by atoms with Crippen LogP contribution in [0.25, 0.3) is 0 Å². The summed E-state index contributed by atoms with van der Waals surface area (Å²) in [4.78, 5) is 0. The minimum absolute atomic E-state index is 0. The third-order valence-electron chi connectivity index (χ3n) is 0.702. The van der Waals surface area contributed by atoms with E-state index in [2.05, 4.69) is 15.6 Å². The van der Waals surface area contributed by atoms with Crippen molar-refractivity contribution < 1.29 is 0 Å². The molecule has 0 aliphatic carbocycles. The largest absolute Gasteiger partial charge is 0.335 e. The van der Waals surface area contributed by atoms with Gasteiger partial charge in [0.1, 0.15) is 6.33 Å². The molecule has 0 bridgehead atoms. The van der Waals surface area contributed by atoms with Crippen LogP contribution in [0.3, 0.4) is 0 Å². The Kier molecular flexibility index (Phi) is 2.75. The number of hydrogen-bond acceptors (Lipinski definition) is 5. The number of aromatic nitrogens is 3. The van der Waals surface area contributed by atoms with E-state index < -0.39 is 0 Å². The molecule has 0 aliphatic heterocycles. The van der Waals surface area contributed by atoms with Gasteiger partial charge in [-0.1, -0.05) is 0 Å². The van der Waals surface area contributed by atoms with E-state index in [4.69, 9.17) is 11.7 Å². The molecule has 5 N–H and O–H groups in total. The third-order valence-corrected chi connectivity index (χ3v) is 0.702. The molecule has 6 nitrogen and oxygen atoms in total. The highest BCUT2D eigenvalue weighted by atomic mass is 35.5. The number of halogens is 1. The number of nitrogens with zero attached hydrogens (tertiary/aromatic N) is 3. The van der Waals surface area contributed by atoms with E-state index in [1.807, 2.05) is 0 Å². The van der Waals surface area contributed by atoms with E-state index in [9.17, 15) is 0 Å². The summed E-state index contributed by atoms with van der Waals surface area (Å²) in [5, 5.41) is 6.92. The van der Waals surface area contributed by atoms with Crippen molar-refractivity contribution in [1.29, 1.82) is 0 Å². The van der Waals surface area contributed by atoms with Crippen LogP contribution in [0.1, 0.15) is 0 Å². The molecule has 0 saturated heterocycles. The quantitative estimate of drug-likeness (QED) is 0.342. The van der Waals surface area contributed by atoms with Gasteiger partial charge >= 0.3 is 0 Å². The zero-order valence-corrected chi connectivity index (χ0v) is 5.30. The van der Waals surface area contributed by atoms with Crippen LogP contribution in [-0.2, 0) is 0 Å². The topological polar surface area (TPSA) is 94.8 Å². The standard InChI is InChI=1S/C2H6N6.ClH/c3-6-2-7-5-1-8(2)4;/h1H,3-4H2,(H,6,7);1H. The highest BCUT2D eigenvalue weighted by Gasteiger charge is 1.92. The van der Waals surface area contributed by atoms with Crippen LogP contribution in [0, 0.1) is 0 Å². The van der Waals surface area contributed by atoms with E-state index in [0.717, 1.165) is 0 Å². The van der Waals surface area contributed by atoms with E-state index >= 15 is 0 Å². The van der Waals surface area contributed by atoms with Gasteiger partial charge in [0.05, 0.1) is 0 Å². The van der Waals surface area contributed by atoms with Crippen LogP contribution in [0.2, 0.25) is 0 Å². The summed E-state index contributed by atoms with van der Waals surface area (Å²) in [6.45, 7) is 0. The van der Waals surface area contributed by atoms with Crippen molar-refractivity contribution in [2.24, 2.45) is 5.84 Å². The highest BCUT2D eigenvalue weighted by Crippen LogP contribution is 1.89. The molecule has 0 unspecified atom stereocenters. The van der Waals surface area contributed by atoms with Gasteiger partial charge in [-0.05, 0) is 0 Å². The molecule has 1 aromatic rings. The van der Waals surface area contributed by atoms with Crippen LogP contribution in [-0.4, -0.2) is 14.9 Å². The number of hydrazine groups is 1. The molecule has 0 spiro atoms. The van der Waals surface area contributed by atoms with Gasteiger partial charge in [-0.25, -0.2) is 10.5 Å². The van der Waals surface area contributed by atoms with Crippen LogP contribution in [0.4, 0.5) is 5.95 Å². The van der Waals surface area contributed by atoms with Gasteiger partial charge in [-0.15, -0.1) is 22.6 Å². The number of nitrogens with one attached hydrogen (secondary N) is 1. The number of rotatable bonds is 1. The molecule has 7 heteroatoms. The maximum atomic E-state index is 5.20. The Morgan fingerprint density at radius 3 is 2.56 bits per heavy atom. The number of hydrogen-bond donors (Lipinski definition) is 3. The molecule has 0 saturated carbocycles. The molecule has 1 aromatic heterocycles. The van der Waals surface area contributed by atoms with E-state index in [1.165, 1.54) is 11.0 Å². The molecule has 0 amide bonds. The summed E-state index contributed by atoms with van der Waals surface area (Å²) in [6.07, 6.45) is 1.34. The van der Waals surface area contributed by atoms with Gasteiger partial charge in [-0.2, -0.15) is 0 Å². The van der Waals surface area contributed by atoms with Crippen LogP contribution in [0.15, 0.2) is 6.33 Å². The fraction of sp³-hybridized carbons (Fsp3) is 0. The number of nitrogens with two attached hydrogens (primary N) is 2. The minimum atomic E-state index is 0. The minimum Gasteiger partial charge on any atom is -0.335 e.